The van der Waals surface area contributed by atoms with Crippen LogP contribution >= 0.6 is 15.9 Å². The third kappa shape index (κ3) is 4.03. The van der Waals surface area contributed by atoms with E-state index in [0.717, 1.165) is 16.9 Å². The molecule has 0 aliphatic carbocycles. The number of nitro groups is 1. The average molecular weight is 351 g/mol. The highest BCUT2D eigenvalue weighted by Gasteiger charge is 2.09. The van der Waals surface area contributed by atoms with E-state index in [2.05, 4.69) is 15.9 Å². The summed E-state index contributed by atoms with van der Waals surface area (Å²) in [6, 6.07) is 12.1. The monoisotopic (exact) mass is 350 g/mol. The van der Waals surface area contributed by atoms with Gasteiger partial charge >= 0.3 is 0 Å². The first-order valence-corrected chi connectivity index (χ1v) is 7.18. The molecule has 0 radical (unpaired) electrons. The molecule has 21 heavy (non-hydrogen) atoms. The molecule has 2 aromatic carbocycles. The number of nitrogens with two attached hydrogens (primary N) is 1. The Morgan fingerprint density at radius 2 is 2.10 bits per heavy atom. The number of halogens is 1. The predicted molar refractivity (Wildman–Crippen MR) is 84.2 cm³/mol. The van der Waals surface area contributed by atoms with Crippen molar-refractivity contribution in [1.29, 1.82) is 0 Å². The predicted octanol–water partition coefficient (Wildman–Crippen LogP) is 3.96. The van der Waals surface area contributed by atoms with Gasteiger partial charge in [0, 0.05) is 28.2 Å². The lowest BCUT2D eigenvalue weighted by molar-refractivity contribution is -0.384. The molecule has 0 heterocycles. The molecule has 0 saturated carbocycles. The number of rotatable bonds is 5. The maximum Gasteiger partial charge on any atom is 0.270 e. The fraction of sp³-hybridized carbons (Fsp3) is 0.200. The van der Waals surface area contributed by atoms with E-state index in [4.69, 9.17) is 10.5 Å². The van der Waals surface area contributed by atoms with E-state index in [0.29, 0.717) is 11.1 Å². The van der Waals surface area contributed by atoms with Crippen molar-refractivity contribution in [3.63, 3.8) is 0 Å². The first-order chi connectivity index (χ1) is 9.97. The smallest absolute Gasteiger partial charge is 0.270 e. The topological polar surface area (TPSA) is 78.4 Å². The summed E-state index contributed by atoms with van der Waals surface area (Å²) in [5, 5.41) is 10.7. The van der Waals surface area contributed by atoms with Crippen molar-refractivity contribution in [2.75, 3.05) is 0 Å². The normalized spacial score (nSPS) is 12.0. The molecule has 0 aliphatic rings. The summed E-state index contributed by atoms with van der Waals surface area (Å²) in [6.07, 6.45) is 0. The highest BCUT2D eigenvalue weighted by Crippen LogP contribution is 2.25. The van der Waals surface area contributed by atoms with Gasteiger partial charge in [-0.15, -0.1) is 0 Å². The Morgan fingerprint density at radius 3 is 2.71 bits per heavy atom. The molecule has 2 aromatic rings. The molecule has 0 saturated heterocycles. The molecule has 0 spiro atoms. The fourth-order valence-electron chi connectivity index (χ4n) is 1.82. The van der Waals surface area contributed by atoms with Gasteiger partial charge in [0.2, 0.25) is 0 Å². The molecule has 0 amide bonds. The quantitative estimate of drug-likeness (QED) is 0.653. The van der Waals surface area contributed by atoms with Gasteiger partial charge in [0.1, 0.15) is 12.4 Å². The van der Waals surface area contributed by atoms with Crippen LogP contribution in [0.5, 0.6) is 5.75 Å². The maximum absolute atomic E-state index is 10.7. The van der Waals surface area contributed by atoms with E-state index in [-0.39, 0.29) is 11.7 Å². The van der Waals surface area contributed by atoms with Crippen LogP contribution in [0.4, 0.5) is 5.69 Å². The van der Waals surface area contributed by atoms with Gasteiger partial charge in [-0.2, -0.15) is 0 Å². The van der Waals surface area contributed by atoms with Gasteiger partial charge in [-0.25, -0.2) is 0 Å². The fourth-order valence-corrected chi connectivity index (χ4v) is 2.30. The lowest BCUT2D eigenvalue weighted by Gasteiger charge is -2.11. The van der Waals surface area contributed by atoms with Gasteiger partial charge in [-0.3, -0.25) is 10.1 Å². The van der Waals surface area contributed by atoms with Crippen molar-refractivity contribution < 1.29 is 9.66 Å². The van der Waals surface area contributed by atoms with E-state index in [1.165, 1.54) is 12.1 Å². The summed E-state index contributed by atoms with van der Waals surface area (Å²) >= 11 is 3.32. The third-order valence-electron chi connectivity index (χ3n) is 3.03. The number of non-ortho nitro benzene ring substituents is 1. The highest BCUT2D eigenvalue weighted by atomic mass is 79.9. The molecule has 0 aliphatic heterocycles. The van der Waals surface area contributed by atoms with Crippen LogP contribution in [-0.4, -0.2) is 4.92 Å². The Bertz CT molecular complexity index is 659. The average Bonchev–Trinajstić information content (AvgIpc) is 2.46. The summed E-state index contributed by atoms with van der Waals surface area (Å²) in [4.78, 5) is 10.3. The Hall–Kier alpha value is -1.92. The molecule has 110 valence electrons. The van der Waals surface area contributed by atoms with Crippen LogP contribution in [0.3, 0.4) is 0 Å². The van der Waals surface area contributed by atoms with E-state index < -0.39 is 4.92 Å². The number of hydrogen-bond donors (Lipinski definition) is 1. The number of benzene rings is 2. The zero-order valence-electron chi connectivity index (χ0n) is 11.5. The summed E-state index contributed by atoms with van der Waals surface area (Å²) in [6.45, 7) is 2.23. The van der Waals surface area contributed by atoms with Crippen molar-refractivity contribution in [3.05, 3.63) is 68.2 Å². The van der Waals surface area contributed by atoms with Crippen LogP contribution in [0.1, 0.15) is 24.1 Å². The standard InChI is InChI=1S/C15H15BrN2O3/c1-10(17)11-3-2-4-14(7-11)21-9-12-5-6-13(18(19)20)8-15(12)16/h2-8,10H,9,17H2,1H3/t10-/m0/s1. The van der Waals surface area contributed by atoms with Crippen LogP contribution in [0.15, 0.2) is 46.9 Å². The van der Waals surface area contributed by atoms with Crippen molar-refractivity contribution in [3.8, 4) is 5.75 Å². The summed E-state index contributed by atoms with van der Waals surface area (Å²) in [5.41, 5.74) is 7.71. The minimum absolute atomic E-state index is 0.0459. The minimum atomic E-state index is -0.429. The zero-order valence-corrected chi connectivity index (χ0v) is 13.0. The van der Waals surface area contributed by atoms with Crippen molar-refractivity contribution >= 4 is 21.6 Å². The van der Waals surface area contributed by atoms with Gasteiger partial charge in [0.15, 0.2) is 0 Å². The highest BCUT2D eigenvalue weighted by molar-refractivity contribution is 9.10. The Kier molecular flexibility index (Phi) is 4.93. The first-order valence-electron chi connectivity index (χ1n) is 6.38. The molecule has 0 unspecified atom stereocenters. The number of nitro benzene ring substituents is 1. The second-order valence-electron chi connectivity index (χ2n) is 4.68. The van der Waals surface area contributed by atoms with Gasteiger partial charge in [-0.05, 0) is 30.7 Å². The summed E-state index contributed by atoms with van der Waals surface area (Å²) in [5.74, 6) is 0.718. The van der Waals surface area contributed by atoms with Gasteiger partial charge in [0.05, 0.1) is 4.92 Å². The van der Waals surface area contributed by atoms with Crippen LogP contribution in [0.2, 0.25) is 0 Å². The van der Waals surface area contributed by atoms with Gasteiger partial charge < -0.3 is 10.5 Å². The maximum atomic E-state index is 10.7. The van der Waals surface area contributed by atoms with Crippen molar-refractivity contribution in [2.45, 2.75) is 19.6 Å². The Morgan fingerprint density at radius 1 is 1.33 bits per heavy atom. The SMILES string of the molecule is C[C@H](N)c1cccc(OCc2ccc([N+](=O)[O-])cc2Br)c1. The van der Waals surface area contributed by atoms with Crippen molar-refractivity contribution in [1.82, 2.24) is 0 Å². The summed E-state index contributed by atoms with van der Waals surface area (Å²) in [7, 11) is 0. The first kappa shape index (κ1) is 15.5. The van der Waals surface area contributed by atoms with Crippen LogP contribution in [-0.2, 0) is 6.61 Å². The van der Waals surface area contributed by atoms with E-state index in [1.54, 1.807) is 6.07 Å². The Labute approximate surface area is 131 Å². The number of ether oxygens (including phenoxy) is 1. The largest absolute Gasteiger partial charge is 0.489 e. The second kappa shape index (κ2) is 6.69. The number of hydrogen-bond acceptors (Lipinski definition) is 4. The van der Waals surface area contributed by atoms with E-state index >= 15 is 0 Å². The third-order valence-corrected chi connectivity index (χ3v) is 3.76. The minimum Gasteiger partial charge on any atom is -0.489 e. The van der Waals surface area contributed by atoms with E-state index in [9.17, 15) is 10.1 Å². The zero-order chi connectivity index (χ0) is 15.4. The van der Waals surface area contributed by atoms with E-state index in [1.807, 2.05) is 31.2 Å². The number of nitrogens with zero attached hydrogens (tertiary/aromatic N) is 1. The molecular formula is C15H15BrN2O3. The molecular weight excluding hydrogens is 336 g/mol. The second-order valence-corrected chi connectivity index (χ2v) is 5.54. The van der Waals surface area contributed by atoms with Gasteiger partial charge in [0.25, 0.3) is 5.69 Å². The van der Waals surface area contributed by atoms with Crippen LogP contribution in [0, 0.1) is 10.1 Å². The van der Waals surface area contributed by atoms with Crippen LogP contribution < -0.4 is 10.5 Å². The lowest BCUT2D eigenvalue weighted by Crippen LogP contribution is -2.05. The van der Waals surface area contributed by atoms with Crippen LogP contribution in [0.25, 0.3) is 0 Å². The summed E-state index contributed by atoms with van der Waals surface area (Å²) < 4.78 is 6.36. The Balaban J connectivity index is 2.09. The van der Waals surface area contributed by atoms with Gasteiger partial charge in [-0.1, -0.05) is 28.1 Å². The molecule has 1 atom stereocenters. The molecule has 0 fully saturated rings. The molecule has 6 heteroatoms. The molecule has 2 rings (SSSR count). The van der Waals surface area contributed by atoms with Crippen molar-refractivity contribution in [2.24, 2.45) is 5.73 Å². The lowest BCUT2D eigenvalue weighted by atomic mass is 10.1. The molecule has 0 aromatic heterocycles. The molecule has 0 bridgehead atoms. The molecule has 2 N–H and O–H groups in total. The molecule has 5 nitrogen and oxygen atoms in total.